The molecular weight excluding hydrogens is 242 g/mol. The van der Waals surface area contributed by atoms with Gasteiger partial charge >= 0.3 is 12.1 Å². The molecule has 3 atom stereocenters. The second-order valence-corrected chi connectivity index (χ2v) is 3.45. The molecule has 0 radical (unpaired) electrons. The lowest BCUT2D eigenvalue weighted by atomic mass is 10.0. The molecule has 2 nitrogen and oxygen atoms in total. The standard InChI is InChI=1S/C8H10F6O2/c1-15-5-3-2-4(16-5)7(10,11)6(9)8(12,13)14/h4-6H,2-3H2,1H3. The van der Waals surface area contributed by atoms with Crippen LogP contribution in [0.3, 0.4) is 0 Å². The van der Waals surface area contributed by atoms with Crippen LogP contribution in [0.25, 0.3) is 0 Å². The van der Waals surface area contributed by atoms with E-state index >= 15 is 0 Å². The molecule has 1 heterocycles. The van der Waals surface area contributed by atoms with Gasteiger partial charge in [-0.1, -0.05) is 0 Å². The molecular formula is C8H10F6O2. The number of methoxy groups -OCH3 is 1. The Morgan fingerprint density at radius 2 is 1.75 bits per heavy atom. The molecule has 1 aliphatic heterocycles. The number of hydrogen-bond acceptors (Lipinski definition) is 2. The van der Waals surface area contributed by atoms with Crippen molar-refractivity contribution in [2.75, 3.05) is 7.11 Å². The summed E-state index contributed by atoms with van der Waals surface area (Å²) in [5.74, 6) is -4.59. The van der Waals surface area contributed by atoms with Gasteiger partial charge in [0.25, 0.3) is 6.17 Å². The van der Waals surface area contributed by atoms with Gasteiger partial charge in [0.1, 0.15) is 6.10 Å². The molecule has 0 spiro atoms. The largest absolute Gasteiger partial charge is 0.425 e. The summed E-state index contributed by atoms with van der Waals surface area (Å²) in [5, 5.41) is 0. The van der Waals surface area contributed by atoms with Crippen molar-refractivity contribution in [3.05, 3.63) is 0 Å². The molecule has 0 N–H and O–H groups in total. The summed E-state index contributed by atoms with van der Waals surface area (Å²) in [5.41, 5.74) is 0. The average Bonchev–Trinajstić information content (AvgIpc) is 2.63. The summed E-state index contributed by atoms with van der Waals surface area (Å²) in [6, 6.07) is 0. The van der Waals surface area contributed by atoms with Crippen molar-refractivity contribution >= 4 is 0 Å². The van der Waals surface area contributed by atoms with Gasteiger partial charge in [0.15, 0.2) is 6.29 Å². The van der Waals surface area contributed by atoms with Crippen molar-refractivity contribution in [1.82, 2.24) is 0 Å². The quantitative estimate of drug-likeness (QED) is 0.719. The maximum absolute atomic E-state index is 13.1. The highest BCUT2D eigenvalue weighted by molar-refractivity contribution is 4.92. The summed E-state index contributed by atoms with van der Waals surface area (Å²) in [6.07, 6.45) is -13.3. The third-order valence-corrected chi connectivity index (χ3v) is 2.30. The van der Waals surface area contributed by atoms with E-state index < -0.39 is 30.7 Å². The Labute approximate surface area is 87.5 Å². The van der Waals surface area contributed by atoms with Crippen LogP contribution in [0.4, 0.5) is 26.3 Å². The molecule has 8 heteroatoms. The van der Waals surface area contributed by atoms with Crippen LogP contribution in [0.1, 0.15) is 12.8 Å². The zero-order chi connectivity index (χ0) is 12.6. The summed E-state index contributed by atoms with van der Waals surface area (Å²) >= 11 is 0. The highest BCUT2D eigenvalue weighted by Gasteiger charge is 2.62. The first-order chi connectivity index (χ1) is 7.19. The molecule has 1 saturated heterocycles. The number of halogens is 6. The number of hydrogen-bond donors (Lipinski definition) is 0. The highest BCUT2D eigenvalue weighted by Crippen LogP contribution is 2.42. The van der Waals surface area contributed by atoms with Gasteiger partial charge in [0.2, 0.25) is 0 Å². The first-order valence-electron chi connectivity index (χ1n) is 4.46. The third kappa shape index (κ3) is 2.60. The monoisotopic (exact) mass is 252 g/mol. The Bertz CT molecular complexity index is 241. The fourth-order valence-corrected chi connectivity index (χ4v) is 1.44. The van der Waals surface area contributed by atoms with Crippen LogP contribution < -0.4 is 0 Å². The molecule has 0 aromatic rings. The summed E-state index contributed by atoms with van der Waals surface area (Å²) < 4.78 is 83.2. The summed E-state index contributed by atoms with van der Waals surface area (Å²) in [7, 11) is 1.17. The maximum Gasteiger partial charge on any atom is 0.425 e. The minimum Gasteiger partial charge on any atom is -0.356 e. The van der Waals surface area contributed by atoms with Crippen molar-refractivity contribution in [3.63, 3.8) is 0 Å². The van der Waals surface area contributed by atoms with Crippen LogP contribution in [-0.4, -0.2) is 37.8 Å². The Balaban J connectivity index is 2.71. The third-order valence-electron chi connectivity index (χ3n) is 2.30. The molecule has 96 valence electrons. The van der Waals surface area contributed by atoms with Crippen LogP contribution in [-0.2, 0) is 9.47 Å². The van der Waals surface area contributed by atoms with E-state index in [9.17, 15) is 26.3 Å². The van der Waals surface area contributed by atoms with E-state index in [1.54, 1.807) is 0 Å². The van der Waals surface area contributed by atoms with Crippen molar-refractivity contribution in [2.24, 2.45) is 0 Å². The Morgan fingerprint density at radius 1 is 1.19 bits per heavy atom. The second kappa shape index (κ2) is 4.40. The lowest BCUT2D eigenvalue weighted by Gasteiger charge is -2.27. The van der Waals surface area contributed by atoms with E-state index in [0.717, 1.165) is 0 Å². The van der Waals surface area contributed by atoms with Gasteiger partial charge in [-0.05, 0) is 6.42 Å². The lowest BCUT2D eigenvalue weighted by molar-refractivity contribution is -0.279. The van der Waals surface area contributed by atoms with Crippen LogP contribution in [0.2, 0.25) is 0 Å². The first kappa shape index (κ1) is 13.6. The lowest BCUT2D eigenvalue weighted by Crippen LogP contribution is -2.49. The number of rotatable bonds is 3. The molecule has 0 aromatic carbocycles. The van der Waals surface area contributed by atoms with Crippen LogP contribution in [0.5, 0.6) is 0 Å². The number of ether oxygens (including phenoxy) is 2. The van der Waals surface area contributed by atoms with Gasteiger partial charge in [-0.15, -0.1) is 0 Å². The smallest absolute Gasteiger partial charge is 0.356 e. The molecule has 3 unspecified atom stereocenters. The highest BCUT2D eigenvalue weighted by atomic mass is 19.4. The minimum absolute atomic E-state index is 0.0152. The van der Waals surface area contributed by atoms with Crippen molar-refractivity contribution < 1.29 is 35.8 Å². The molecule has 0 aromatic heterocycles. The molecule has 0 bridgehead atoms. The fourth-order valence-electron chi connectivity index (χ4n) is 1.44. The molecule has 0 saturated carbocycles. The fraction of sp³-hybridized carbons (Fsp3) is 1.00. The summed E-state index contributed by atoms with van der Waals surface area (Å²) in [6.45, 7) is 0. The Kier molecular flexibility index (Phi) is 3.73. The zero-order valence-electron chi connectivity index (χ0n) is 8.23. The molecule has 1 rings (SSSR count). The average molecular weight is 252 g/mol. The van der Waals surface area contributed by atoms with Gasteiger partial charge in [-0.2, -0.15) is 13.2 Å². The topological polar surface area (TPSA) is 18.5 Å². The Hall–Kier alpha value is -0.500. The Morgan fingerprint density at radius 3 is 2.12 bits per heavy atom. The van der Waals surface area contributed by atoms with Gasteiger partial charge in [-0.25, -0.2) is 13.2 Å². The maximum atomic E-state index is 13.1. The number of alkyl halides is 6. The van der Waals surface area contributed by atoms with E-state index in [-0.39, 0.29) is 12.8 Å². The first-order valence-corrected chi connectivity index (χ1v) is 4.46. The van der Waals surface area contributed by atoms with Gasteiger partial charge in [0, 0.05) is 13.5 Å². The molecule has 0 amide bonds. The normalized spacial score (nSPS) is 29.4. The van der Waals surface area contributed by atoms with Gasteiger partial charge < -0.3 is 9.47 Å². The predicted octanol–water partition coefficient (Wildman–Crippen LogP) is 2.67. The minimum atomic E-state index is -5.60. The van der Waals surface area contributed by atoms with Crippen molar-refractivity contribution in [3.8, 4) is 0 Å². The van der Waals surface area contributed by atoms with Crippen molar-refractivity contribution in [2.45, 2.75) is 43.5 Å². The van der Waals surface area contributed by atoms with E-state index in [2.05, 4.69) is 9.47 Å². The summed E-state index contributed by atoms with van der Waals surface area (Å²) in [4.78, 5) is 0. The van der Waals surface area contributed by atoms with E-state index in [4.69, 9.17) is 0 Å². The van der Waals surface area contributed by atoms with E-state index in [1.807, 2.05) is 0 Å². The van der Waals surface area contributed by atoms with Crippen LogP contribution >= 0.6 is 0 Å². The van der Waals surface area contributed by atoms with Gasteiger partial charge in [-0.3, -0.25) is 0 Å². The molecule has 1 fully saturated rings. The molecule has 0 aliphatic carbocycles. The van der Waals surface area contributed by atoms with Crippen molar-refractivity contribution in [1.29, 1.82) is 0 Å². The van der Waals surface area contributed by atoms with E-state index in [1.165, 1.54) is 7.11 Å². The zero-order valence-corrected chi connectivity index (χ0v) is 8.23. The van der Waals surface area contributed by atoms with E-state index in [0.29, 0.717) is 0 Å². The SMILES string of the molecule is COC1CCC(C(F)(F)C(F)C(F)(F)F)O1. The van der Waals surface area contributed by atoms with Crippen LogP contribution in [0.15, 0.2) is 0 Å². The van der Waals surface area contributed by atoms with Gasteiger partial charge in [0.05, 0.1) is 0 Å². The predicted molar refractivity (Wildman–Crippen MR) is 40.8 cm³/mol. The molecule has 16 heavy (non-hydrogen) atoms. The second-order valence-electron chi connectivity index (χ2n) is 3.45. The molecule has 1 aliphatic rings. The van der Waals surface area contributed by atoms with Crippen LogP contribution in [0, 0.1) is 0 Å².